The predicted octanol–water partition coefficient (Wildman–Crippen LogP) is 5.59. The van der Waals surface area contributed by atoms with Crippen LogP contribution in [0.4, 0.5) is 0 Å². The van der Waals surface area contributed by atoms with Gasteiger partial charge in [-0.3, -0.25) is 4.98 Å². The van der Waals surface area contributed by atoms with Crippen molar-refractivity contribution in [2.45, 2.75) is 0 Å². The van der Waals surface area contributed by atoms with E-state index in [0.29, 0.717) is 0 Å². The number of nitrogens with zero attached hydrogens (tertiary/aromatic N) is 1. The highest BCUT2D eigenvalue weighted by Crippen LogP contribution is 2.44. The second kappa shape index (κ2) is 6.89. The van der Waals surface area contributed by atoms with Crippen molar-refractivity contribution in [1.29, 1.82) is 0 Å². The molecule has 0 bridgehead atoms. The Morgan fingerprint density at radius 3 is 2.27 bits per heavy atom. The molecular formula is C23H19NO2. The Hall–Kier alpha value is -3.33. The maximum absolute atomic E-state index is 5.82. The number of hydrogen-bond donors (Lipinski definition) is 0. The monoisotopic (exact) mass is 341 g/mol. The SMILES string of the molecule is COc1ccc(-c2ccc3ccccc3c2)c(OC)c1-c1ccccn1. The molecule has 0 radical (unpaired) electrons. The number of rotatable bonds is 4. The van der Waals surface area contributed by atoms with Gasteiger partial charge in [-0.2, -0.15) is 0 Å². The Kier molecular flexibility index (Phi) is 4.28. The van der Waals surface area contributed by atoms with Gasteiger partial charge < -0.3 is 9.47 Å². The fraction of sp³-hybridized carbons (Fsp3) is 0.0870. The van der Waals surface area contributed by atoms with Crippen LogP contribution in [0, 0.1) is 0 Å². The summed E-state index contributed by atoms with van der Waals surface area (Å²) in [6.07, 6.45) is 1.77. The van der Waals surface area contributed by atoms with Gasteiger partial charge in [-0.15, -0.1) is 0 Å². The summed E-state index contributed by atoms with van der Waals surface area (Å²) in [5.41, 5.74) is 3.80. The smallest absolute Gasteiger partial charge is 0.139 e. The van der Waals surface area contributed by atoms with Crippen molar-refractivity contribution in [3.05, 3.63) is 79.0 Å². The molecule has 0 atom stereocenters. The summed E-state index contributed by atoms with van der Waals surface area (Å²) in [7, 11) is 3.35. The lowest BCUT2D eigenvalue weighted by atomic mass is 9.96. The molecular weight excluding hydrogens is 322 g/mol. The zero-order chi connectivity index (χ0) is 17.9. The van der Waals surface area contributed by atoms with E-state index in [-0.39, 0.29) is 0 Å². The first kappa shape index (κ1) is 16.2. The average molecular weight is 341 g/mol. The van der Waals surface area contributed by atoms with E-state index in [1.165, 1.54) is 10.8 Å². The first-order valence-corrected chi connectivity index (χ1v) is 8.47. The molecule has 0 N–H and O–H groups in total. The topological polar surface area (TPSA) is 31.4 Å². The van der Waals surface area contributed by atoms with Gasteiger partial charge in [0.05, 0.1) is 25.5 Å². The summed E-state index contributed by atoms with van der Waals surface area (Å²) in [4.78, 5) is 4.49. The summed E-state index contributed by atoms with van der Waals surface area (Å²) in [5, 5.41) is 2.41. The van der Waals surface area contributed by atoms with Gasteiger partial charge in [0.15, 0.2) is 0 Å². The Bertz CT molecular complexity index is 1060. The van der Waals surface area contributed by atoms with Crippen molar-refractivity contribution >= 4 is 10.8 Å². The fourth-order valence-electron chi connectivity index (χ4n) is 3.28. The molecule has 0 saturated carbocycles. The predicted molar refractivity (Wildman–Crippen MR) is 106 cm³/mol. The second-order valence-electron chi connectivity index (χ2n) is 6.00. The van der Waals surface area contributed by atoms with Gasteiger partial charge >= 0.3 is 0 Å². The van der Waals surface area contributed by atoms with Crippen LogP contribution in [-0.2, 0) is 0 Å². The lowest BCUT2D eigenvalue weighted by Gasteiger charge is -2.17. The number of methoxy groups -OCH3 is 2. The van der Waals surface area contributed by atoms with Crippen molar-refractivity contribution < 1.29 is 9.47 Å². The van der Waals surface area contributed by atoms with Crippen LogP contribution in [0.3, 0.4) is 0 Å². The van der Waals surface area contributed by atoms with Gasteiger partial charge in [-0.05, 0) is 46.7 Å². The molecule has 3 aromatic carbocycles. The Labute approximate surface area is 152 Å². The molecule has 0 aliphatic heterocycles. The summed E-state index contributed by atoms with van der Waals surface area (Å²) < 4.78 is 11.4. The molecule has 3 heteroatoms. The van der Waals surface area contributed by atoms with Crippen molar-refractivity contribution in [2.24, 2.45) is 0 Å². The van der Waals surface area contributed by atoms with Crippen molar-refractivity contribution in [1.82, 2.24) is 4.98 Å². The van der Waals surface area contributed by atoms with Crippen molar-refractivity contribution in [3.8, 4) is 33.9 Å². The molecule has 0 unspecified atom stereocenters. The maximum Gasteiger partial charge on any atom is 0.139 e. The first-order valence-electron chi connectivity index (χ1n) is 8.47. The average Bonchev–Trinajstić information content (AvgIpc) is 2.72. The largest absolute Gasteiger partial charge is 0.496 e. The highest BCUT2D eigenvalue weighted by molar-refractivity contribution is 5.91. The summed E-state index contributed by atoms with van der Waals surface area (Å²) >= 11 is 0. The first-order chi connectivity index (χ1) is 12.8. The van der Waals surface area contributed by atoms with E-state index in [4.69, 9.17) is 9.47 Å². The number of hydrogen-bond acceptors (Lipinski definition) is 3. The van der Waals surface area contributed by atoms with Crippen molar-refractivity contribution in [3.63, 3.8) is 0 Å². The minimum atomic E-state index is 0.741. The molecule has 0 aliphatic rings. The summed E-state index contributed by atoms with van der Waals surface area (Å²) in [6, 6.07) is 24.6. The van der Waals surface area contributed by atoms with E-state index in [2.05, 4.69) is 47.4 Å². The molecule has 0 aliphatic carbocycles. The van der Waals surface area contributed by atoms with Crippen LogP contribution in [0.5, 0.6) is 11.5 Å². The van der Waals surface area contributed by atoms with Crippen LogP contribution in [0.25, 0.3) is 33.2 Å². The molecule has 0 fully saturated rings. The standard InChI is InChI=1S/C23H19NO2/c1-25-21-13-12-19(18-11-10-16-7-3-4-8-17(16)15-18)23(26-2)22(21)20-9-5-6-14-24-20/h3-15H,1-2H3. The molecule has 1 aromatic heterocycles. The Balaban J connectivity index is 1.96. The molecule has 0 spiro atoms. The minimum absolute atomic E-state index is 0.741. The molecule has 0 amide bonds. The van der Waals surface area contributed by atoms with Crippen LogP contribution >= 0.6 is 0 Å². The van der Waals surface area contributed by atoms with Gasteiger partial charge in [-0.1, -0.05) is 42.5 Å². The molecule has 3 nitrogen and oxygen atoms in total. The molecule has 4 rings (SSSR count). The molecule has 128 valence electrons. The molecule has 4 aromatic rings. The highest BCUT2D eigenvalue weighted by atomic mass is 16.5. The van der Waals surface area contributed by atoms with Gasteiger partial charge in [0.1, 0.15) is 11.5 Å². The number of benzene rings is 3. The van der Waals surface area contributed by atoms with E-state index in [9.17, 15) is 0 Å². The third kappa shape index (κ3) is 2.78. The number of pyridine rings is 1. The quantitative estimate of drug-likeness (QED) is 0.485. The van der Waals surface area contributed by atoms with E-state index in [0.717, 1.165) is 33.9 Å². The van der Waals surface area contributed by atoms with Gasteiger partial charge in [0.25, 0.3) is 0 Å². The lowest BCUT2D eigenvalue weighted by molar-refractivity contribution is 0.398. The van der Waals surface area contributed by atoms with E-state index < -0.39 is 0 Å². The van der Waals surface area contributed by atoms with Gasteiger partial charge in [-0.25, -0.2) is 0 Å². The molecule has 0 saturated heterocycles. The molecule has 1 heterocycles. The van der Waals surface area contributed by atoms with Gasteiger partial charge in [0.2, 0.25) is 0 Å². The van der Waals surface area contributed by atoms with Crippen LogP contribution in [-0.4, -0.2) is 19.2 Å². The van der Waals surface area contributed by atoms with Crippen LogP contribution in [0.2, 0.25) is 0 Å². The van der Waals surface area contributed by atoms with Crippen LogP contribution in [0.15, 0.2) is 79.0 Å². The number of aromatic nitrogens is 1. The van der Waals surface area contributed by atoms with E-state index >= 15 is 0 Å². The number of ether oxygens (including phenoxy) is 2. The van der Waals surface area contributed by atoms with Gasteiger partial charge in [0, 0.05) is 11.8 Å². The third-order valence-electron chi connectivity index (χ3n) is 4.53. The lowest BCUT2D eigenvalue weighted by Crippen LogP contribution is -1.97. The maximum atomic E-state index is 5.82. The summed E-state index contributed by atoms with van der Waals surface area (Å²) in [5.74, 6) is 1.50. The Morgan fingerprint density at radius 2 is 1.54 bits per heavy atom. The fourth-order valence-corrected chi connectivity index (χ4v) is 3.28. The van der Waals surface area contributed by atoms with E-state index in [1.54, 1.807) is 20.4 Å². The minimum Gasteiger partial charge on any atom is -0.496 e. The van der Waals surface area contributed by atoms with Crippen LogP contribution < -0.4 is 9.47 Å². The zero-order valence-electron chi connectivity index (χ0n) is 14.8. The number of fused-ring (bicyclic) bond motifs is 1. The normalized spacial score (nSPS) is 10.7. The third-order valence-corrected chi connectivity index (χ3v) is 4.53. The Morgan fingerprint density at radius 1 is 0.731 bits per heavy atom. The van der Waals surface area contributed by atoms with E-state index in [1.807, 2.05) is 30.3 Å². The zero-order valence-corrected chi connectivity index (χ0v) is 14.8. The molecule has 26 heavy (non-hydrogen) atoms. The van der Waals surface area contributed by atoms with Crippen LogP contribution in [0.1, 0.15) is 0 Å². The van der Waals surface area contributed by atoms with Crippen molar-refractivity contribution in [2.75, 3.05) is 14.2 Å². The second-order valence-corrected chi connectivity index (χ2v) is 6.00. The summed E-state index contributed by atoms with van der Waals surface area (Å²) in [6.45, 7) is 0. The highest BCUT2D eigenvalue weighted by Gasteiger charge is 2.18.